The average molecular weight is 263 g/mol. The van der Waals surface area contributed by atoms with Crippen LogP contribution in [0.3, 0.4) is 0 Å². The van der Waals surface area contributed by atoms with Crippen LogP contribution < -0.4 is 5.32 Å². The highest BCUT2D eigenvalue weighted by Crippen LogP contribution is 2.23. The molecular formula is C12H13N3O4. The summed E-state index contributed by atoms with van der Waals surface area (Å²) in [7, 11) is 0. The predicted octanol–water partition coefficient (Wildman–Crippen LogP) is 1.74. The van der Waals surface area contributed by atoms with E-state index in [1.807, 2.05) is 0 Å². The molecule has 0 bridgehead atoms. The van der Waals surface area contributed by atoms with Crippen LogP contribution in [-0.4, -0.2) is 27.0 Å². The van der Waals surface area contributed by atoms with Gasteiger partial charge in [-0.2, -0.15) is 0 Å². The van der Waals surface area contributed by atoms with Crippen molar-refractivity contribution in [2.75, 3.05) is 5.32 Å². The van der Waals surface area contributed by atoms with Gasteiger partial charge in [-0.25, -0.2) is 4.98 Å². The van der Waals surface area contributed by atoms with Crippen LogP contribution in [0.25, 0.3) is 0 Å². The molecule has 0 spiro atoms. The number of carboxylic acid groups (broad SMARTS) is 1. The lowest BCUT2D eigenvalue weighted by atomic mass is 10.1. The van der Waals surface area contributed by atoms with E-state index in [0.717, 1.165) is 0 Å². The lowest BCUT2D eigenvalue weighted by molar-refractivity contribution is -0.385. The van der Waals surface area contributed by atoms with Crippen molar-refractivity contribution in [3.8, 4) is 0 Å². The third kappa shape index (κ3) is 2.87. The molecule has 0 aliphatic heterocycles. The van der Waals surface area contributed by atoms with Gasteiger partial charge in [-0.1, -0.05) is 12.2 Å². The number of aliphatic carboxylic acids is 1. The lowest BCUT2D eigenvalue weighted by Gasteiger charge is -2.13. The summed E-state index contributed by atoms with van der Waals surface area (Å²) in [6.45, 7) is 1.56. The molecule has 1 aromatic heterocycles. The summed E-state index contributed by atoms with van der Waals surface area (Å²) in [5.74, 6) is -0.839. The van der Waals surface area contributed by atoms with Crippen molar-refractivity contribution in [1.29, 1.82) is 0 Å². The fraction of sp³-hybridized carbons (Fsp3) is 0.333. The van der Waals surface area contributed by atoms with Crippen LogP contribution in [-0.2, 0) is 4.79 Å². The molecule has 0 fully saturated rings. The predicted molar refractivity (Wildman–Crippen MR) is 67.9 cm³/mol. The van der Waals surface area contributed by atoms with Gasteiger partial charge in [0.2, 0.25) is 0 Å². The highest BCUT2D eigenvalue weighted by atomic mass is 16.6. The number of carbonyl (C=O) groups is 1. The molecule has 7 nitrogen and oxygen atoms in total. The van der Waals surface area contributed by atoms with E-state index in [0.29, 0.717) is 17.9 Å². The van der Waals surface area contributed by atoms with E-state index in [4.69, 9.17) is 5.11 Å². The molecule has 2 N–H and O–H groups in total. The van der Waals surface area contributed by atoms with Crippen molar-refractivity contribution in [3.05, 3.63) is 40.1 Å². The van der Waals surface area contributed by atoms with E-state index in [1.54, 1.807) is 19.1 Å². The summed E-state index contributed by atoms with van der Waals surface area (Å²) >= 11 is 0. The van der Waals surface area contributed by atoms with Gasteiger partial charge >= 0.3 is 5.97 Å². The molecule has 1 aliphatic rings. The number of anilines is 1. The molecule has 1 aromatic rings. The van der Waals surface area contributed by atoms with E-state index < -0.39 is 16.8 Å². The van der Waals surface area contributed by atoms with Gasteiger partial charge in [0.25, 0.3) is 5.69 Å². The quantitative estimate of drug-likeness (QED) is 0.487. The summed E-state index contributed by atoms with van der Waals surface area (Å²) in [5.41, 5.74) is 0.294. The van der Waals surface area contributed by atoms with Crippen LogP contribution in [0.2, 0.25) is 0 Å². The molecular weight excluding hydrogens is 250 g/mol. The Morgan fingerprint density at radius 2 is 2.26 bits per heavy atom. The highest BCUT2D eigenvalue weighted by molar-refractivity contribution is 5.73. The number of nitrogens with zero attached hydrogens (tertiary/aromatic N) is 2. The number of pyridine rings is 1. The molecule has 0 amide bonds. The SMILES string of the molecule is Cc1nc(NC2C=CC(C(=O)O)C2)ccc1[N+](=O)[O-]. The normalized spacial score (nSPS) is 21.3. The second kappa shape index (κ2) is 5.05. The fourth-order valence-corrected chi connectivity index (χ4v) is 2.01. The van der Waals surface area contributed by atoms with E-state index in [9.17, 15) is 14.9 Å². The zero-order chi connectivity index (χ0) is 14.0. The molecule has 2 unspecified atom stereocenters. The minimum atomic E-state index is -0.853. The molecule has 1 heterocycles. The number of nitro groups is 1. The average Bonchev–Trinajstić information content (AvgIpc) is 2.77. The van der Waals surface area contributed by atoms with Crippen LogP contribution >= 0.6 is 0 Å². The van der Waals surface area contributed by atoms with E-state index in [2.05, 4.69) is 10.3 Å². The Morgan fingerprint density at radius 3 is 2.79 bits per heavy atom. The third-order valence-electron chi connectivity index (χ3n) is 2.99. The third-order valence-corrected chi connectivity index (χ3v) is 2.99. The largest absolute Gasteiger partial charge is 0.481 e. The van der Waals surface area contributed by atoms with Crippen molar-refractivity contribution in [2.24, 2.45) is 5.92 Å². The molecule has 0 radical (unpaired) electrons. The molecule has 0 aromatic carbocycles. The van der Waals surface area contributed by atoms with Crippen LogP contribution in [0.5, 0.6) is 0 Å². The summed E-state index contributed by atoms with van der Waals surface area (Å²) in [4.78, 5) is 25.1. The molecule has 0 saturated carbocycles. The molecule has 2 rings (SSSR count). The number of nitrogens with one attached hydrogen (secondary N) is 1. The van der Waals surface area contributed by atoms with Gasteiger partial charge in [-0.05, 0) is 19.4 Å². The number of aromatic nitrogens is 1. The Hall–Kier alpha value is -2.44. The highest BCUT2D eigenvalue weighted by Gasteiger charge is 2.24. The minimum absolute atomic E-state index is 0.0315. The van der Waals surface area contributed by atoms with Gasteiger partial charge in [0.05, 0.1) is 10.8 Å². The smallest absolute Gasteiger partial charge is 0.310 e. The number of rotatable bonds is 4. The first-order valence-electron chi connectivity index (χ1n) is 5.77. The van der Waals surface area contributed by atoms with Gasteiger partial charge in [-0.15, -0.1) is 0 Å². The standard InChI is InChI=1S/C12H13N3O4/c1-7-10(15(18)19)4-5-11(13-7)14-9-3-2-8(6-9)12(16)17/h2-5,8-9H,6H2,1H3,(H,13,14)(H,16,17). The van der Waals surface area contributed by atoms with Crippen LogP contribution in [0.1, 0.15) is 12.1 Å². The second-order valence-electron chi connectivity index (χ2n) is 4.37. The van der Waals surface area contributed by atoms with Gasteiger partial charge in [0.1, 0.15) is 11.5 Å². The Labute approximate surface area is 109 Å². The Bertz CT molecular complexity index is 556. The van der Waals surface area contributed by atoms with Crippen molar-refractivity contribution < 1.29 is 14.8 Å². The number of hydrogen-bond donors (Lipinski definition) is 2. The van der Waals surface area contributed by atoms with Gasteiger partial charge in [-0.3, -0.25) is 14.9 Å². The van der Waals surface area contributed by atoms with Crippen LogP contribution in [0.4, 0.5) is 11.5 Å². The molecule has 0 saturated heterocycles. The number of hydrogen-bond acceptors (Lipinski definition) is 5. The van der Waals surface area contributed by atoms with Crippen LogP contribution in [0.15, 0.2) is 24.3 Å². The van der Waals surface area contributed by atoms with E-state index in [-0.39, 0.29) is 11.7 Å². The van der Waals surface area contributed by atoms with E-state index >= 15 is 0 Å². The molecule has 1 aliphatic carbocycles. The monoisotopic (exact) mass is 263 g/mol. The summed E-state index contributed by atoms with van der Waals surface area (Å²) in [5, 5.41) is 22.6. The zero-order valence-corrected chi connectivity index (χ0v) is 10.2. The maximum atomic E-state index is 10.8. The van der Waals surface area contributed by atoms with Crippen molar-refractivity contribution in [3.63, 3.8) is 0 Å². The molecule has 100 valence electrons. The first kappa shape index (κ1) is 13.0. The Morgan fingerprint density at radius 1 is 1.53 bits per heavy atom. The molecule has 19 heavy (non-hydrogen) atoms. The van der Waals surface area contributed by atoms with Gasteiger partial charge < -0.3 is 10.4 Å². The van der Waals surface area contributed by atoms with Crippen molar-refractivity contribution in [1.82, 2.24) is 4.98 Å². The summed E-state index contributed by atoms with van der Waals surface area (Å²) < 4.78 is 0. The van der Waals surface area contributed by atoms with Crippen LogP contribution in [0, 0.1) is 23.0 Å². The first-order chi connectivity index (χ1) is 8.97. The van der Waals surface area contributed by atoms with Gasteiger partial charge in [0, 0.05) is 12.1 Å². The van der Waals surface area contributed by atoms with Crippen molar-refractivity contribution in [2.45, 2.75) is 19.4 Å². The molecule has 7 heteroatoms. The topological polar surface area (TPSA) is 105 Å². The second-order valence-corrected chi connectivity index (χ2v) is 4.37. The Kier molecular flexibility index (Phi) is 3.46. The zero-order valence-electron chi connectivity index (χ0n) is 10.2. The number of aryl methyl sites for hydroxylation is 1. The Balaban J connectivity index is 2.05. The van der Waals surface area contributed by atoms with E-state index in [1.165, 1.54) is 12.1 Å². The van der Waals surface area contributed by atoms with Gasteiger partial charge in [0.15, 0.2) is 0 Å². The molecule has 2 atom stereocenters. The number of carboxylic acids is 1. The lowest BCUT2D eigenvalue weighted by Crippen LogP contribution is -2.19. The fourth-order valence-electron chi connectivity index (χ4n) is 2.01. The summed E-state index contributed by atoms with van der Waals surface area (Å²) in [6, 6.07) is 2.79. The first-order valence-corrected chi connectivity index (χ1v) is 5.77. The minimum Gasteiger partial charge on any atom is -0.481 e. The maximum Gasteiger partial charge on any atom is 0.310 e. The maximum absolute atomic E-state index is 10.8. The van der Waals surface area contributed by atoms with Crippen molar-refractivity contribution >= 4 is 17.5 Å². The summed E-state index contributed by atoms with van der Waals surface area (Å²) in [6.07, 6.45) is 3.86.